The minimum absolute atomic E-state index is 0.321. The van der Waals surface area contributed by atoms with Gasteiger partial charge < -0.3 is 20.1 Å². The molecule has 9 heteroatoms. The number of rotatable bonds is 7. The Morgan fingerprint density at radius 3 is 2.71 bits per heavy atom. The second-order valence-electron chi connectivity index (χ2n) is 6.42. The van der Waals surface area contributed by atoms with E-state index in [0.29, 0.717) is 30.1 Å². The third kappa shape index (κ3) is 4.99. The van der Waals surface area contributed by atoms with Crippen molar-refractivity contribution in [2.75, 3.05) is 26.5 Å². The summed E-state index contributed by atoms with van der Waals surface area (Å²) in [6.45, 7) is 2.35. The smallest absolute Gasteiger partial charge is 0.200 e. The van der Waals surface area contributed by atoms with E-state index in [4.69, 9.17) is 9.47 Å². The van der Waals surface area contributed by atoms with Crippen molar-refractivity contribution in [1.82, 2.24) is 20.3 Å². The maximum atomic E-state index is 5.94. The molecular weight excluding hydrogens is 358 g/mol. The summed E-state index contributed by atoms with van der Waals surface area (Å²) in [5.41, 5.74) is 1.61. The molecule has 0 atom stereocenters. The second-order valence-corrected chi connectivity index (χ2v) is 6.42. The molecule has 1 saturated carbocycles. The van der Waals surface area contributed by atoms with Gasteiger partial charge in [-0.2, -0.15) is 0 Å². The summed E-state index contributed by atoms with van der Waals surface area (Å²) >= 11 is 0. The average molecular weight is 385 g/mol. The van der Waals surface area contributed by atoms with Gasteiger partial charge in [-0.1, -0.05) is 12.1 Å². The lowest BCUT2D eigenvalue weighted by Crippen LogP contribution is -2.35. The molecule has 0 spiro atoms. The van der Waals surface area contributed by atoms with Gasteiger partial charge in [0.2, 0.25) is 5.96 Å². The first kappa shape index (κ1) is 19.7. The zero-order chi connectivity index (χ0) is 19.9. The molecule has 2 aromatic rings. The fourth-order valence-corrected chi connectivity index (χ4v) is 2.63. The molecule has 1 aromatic heterocycles. The number of benzene rings is 1. The van der Waals surface area contributed by atoms with E-state index in [2.05, 4.69) is 30.9 Å². The number of methoxy groups -OCH3 is 1. The third-order valence-electron chi connectivity index (χ3n) is 4.37. The highest BCUT2D eigenvalue weighted by Gasteiger charge is 2.24. The van der Waals surface area contributed by atoms with Crippen LogP contribution in [0.5, 0.6) is 11.5 Å². The summed E-state index contributed by atoms with van der Waals surface area (Å²) in [5.74, 6) is 2.71. The summed E-state index contributed by atoms with van der Waals surface area (Å²) in [6.07, 6.45) is 5.07. The molecule has 0 saturated heterocycles. The fourth-order valence-electron chi connectivity index (χ4n) is 2.63. The quantitative estimate of drug-likeness (QED) is 0.562. The van der Waals surface area contributed by atoms with Crippen LogP contribution < -0.4 is 20.1 Å². The zero-order valence-corrected chi connectivity index (χ0v) is 16.8. The van der Waals surface area contributed by atoms with Crippen LogP contribution in [0, 0.1) is 0 Å². The summed E-state index contributed by atoms with van der Waals surface area (Å²) in [5, 5.41) is 14.7. The van der Waals surface area contributed by atoms with Gasteiger partial charge in [0.15, 0.2) is 11.5 Å². The monoisotopic (exact) mass is 385 g/mol. The summed E-state index contributed by atoms with van der Waals surface area (Å²) in [4.78, 5) is 8.42. The van der Waals surface area contributed by atoms with Crippen LogP contribution >= 0.6 is 0 Å². The summed E-state index contributed by atoms with van der Waals surface area (Å²) in [7, 11) is 5.07. The van der Waals surface area contributed by atoms with Crippen molar-refractivity contribution in [2.24, 2.45) is 9.98 Å². The van der Waals surface area contributed by atoms with Crippen LogP contribution in [-0.4, -0.2) is 48.0 Å². The van der Waals surface area contributed by atoms with Crippen LogP contribution in [-0.2, 0) is 6.61 Å². The number of aliphatic imine (C=N–C) groups is 2. The van der Waals surface area contributed by atoms with Gasteiger partial charge in [0, 0.05) is 32.3 Å². The molecule has 0 aliphatic heterocycles. The SMILES string of the molecule is CCC(=NC)NC(=NC)Nc1ccc(OC)c(OCc2cn(C3CC3)nn2)c1. The molecule has 2 N–H and O–H groups in total. The molecule has 9 nitrogen and oxygen atoms in total. The number of amidine groups is 1. The van der Waals surface area contributed by atoms with Gasteiger partial charge in [-0.3, -0.25) is 9.98 Å². The maximum absolute atomic E-state index is 5.94. The maximum Gasteiger partial charge on any atom is 0.200 e. The largest absolute Gasteiger partial charge is 0.493 e. The highest BCUT2D eigenvalue weighted by atomic mass is 16.5. The molecule has 0 radical (unpaired) electrons. The number of hydrogen-bond acceptors (Lipinski definition) is 6. The van der Waals surface area contributed by atoms with Crippen LogP contribution in [0.1, 0.15) is 37.9 Å². The van der Waals surface area contributed by atoms with E-state index >= 15 is 0 Å². The van der Waals surface area contributed by atoms with Gasteiger partial charge in [-0.05, 0) is 25.0 Å². The minimum atomic E-state index is 0.321. The summed E-state index contributed by atoms with van der Waals surface area (Å²) < 4.78 is 13.3. The van der Waals surface area contributed by atoms with Gasteiger partial charge in [0.25, 0.3) is 0 Å². The Balaban J connectivity index is 1.68. The van der Waals surface area contributed by atoms with Crippen molar-refractivity contribution < 1.29 is 9.47 Å². The first-order chi connectivity index (χ1) is 13.7. The van der Waals surface area contributed by atoms with E-state index in [9.17, 15) is 0 Å². The van der Waals surface area contributed by atoms with E-state index in [-0.39, 0.29) is 0 Å². The van der Waals surface area contributed by atoms with Gasteiger partial charge in [-0.25, -0.2) is 4.68 Å². The van der Waals surface area contributed by atoms with Crippen molar-refractivity contribution in [3.8, 4) is 11.5 Å². The lowest BCUT2D eigenvalue weighted by molar-refractivity contribution is 0.280. The average Bonchev–Trinajstić information content (AvgIpc) is 3.47. The van der Waals surface area contributed by atoms with E-state index in [0.717, 1.165) is 23.6 Å². The minimum Gasteiger partial charge on any atom is -0.493 e. The molecule has 150 valence electrons. The van der Waals surface area contributed by atoms with Gasteiger partial charge in [-0.15, -0.1) is 5.10 Å². The molecule has 0 bridgehead atoms. The van der Waals surface area contributed by atoms with Crippen molar-refractivity contribution in [3.05, 3.63) is 30.1 Å². The molecule has 0 amide bonds. The van der Waals surface area contributed by atoms with Crippen LogP contribution in [0.25, 0.3) is 0 Å². The van der Waals surface area contributed by atoms with Crippen molar-refractivity contribution in [1.29, 1.82) is 0 Å². The molecule has 1 aliphatic carbocycles. The molecule has 1 heterocycles. The van der Waals surface area contributed by atoms with Gasteiger partial charge in [0.05, 0.1) is 19.3 Å². The first-order valence-electron chi connectivity index (χ1n) is 9.34. The number of nitrogens with one attached hydrogen (secondary N) is 2. The highest BCUT2D eigenvalue weighted by molar-refractivity contribution is 6.05. The lowest BCUT2D eigenvalue weighted by Gasteiger charge is -2.15. The van der Waals surface area contributed by atoms with Crippen LogP contribution in [0.4, 0.5) is 5.69 Å². The normalized spacial score (nSPS) is 14.7. The Morgan fingerprint density at radius 2 is 2.07 bits per heavy atom. The van der Waals surface area contributed by atoms with E-state index in [1.165, 1.54) is 12.8 Å². The number of ether oxygens (including phenoxy) is 2. The van der Waals surface area contributed by atoms with E-state index in [1.807, 2.05) is 36.0 Å². The van der Waals surface area contributed by atoms with Crippen molar-refractivity contribution in [2.45, 2.75) is 38.8 Å². The second kappa shape index (κ2) is 9.20. The molecule has 1 aliphatic rings. The van der Waals surface area contributed by atoms with Gasteiger partial charge >= 0.3 is 0 Å². The fraction of sp³-hybridized carbons (Fsp3) is 0.474. The van der Waals surface area contributed by atoms with Crippen molar-refractivity contribution >= 4 is 17.5 Å². The standard InChI is InChI=1S/C19H27N7O2/c1-5-18(20-2)23-19(21-3)22-13-6-9-16(27-4)17(10-13)28-12-14-11-26(25-24-14)15-7-8-15/h6,9-11,15H,5,7-8,12H2,1-4H3,(H2,20,21,22,23). The Morgan fingerprint density at radius 1 is 1.25 bits per heavy atom. The molecule has 3 rings (SSSR count). The molecule has 0 unspecified atom stereocenters. The molecule has 1 fully saturated rings. The Labute approximate surface area is 164 Å². The predicted molar refractivity (Wildman–Crippen MR) is 109 cm³/mol. The lowest BCUT2D eigenvalue weighted by atomic mass is 10.2. The van der Waals surface area contributed by atoms with Gasteiger partial charge in [0.1, 0.15) is 18.1 Å². The first-order valence-corrected chi connectivity index (χ1v) is 9.34. The zero-order valence-electron chi connectivity index (χ0n) is 16.8. The Kier molecular flexibility index (Phi) is 6.46. The Bertz CT molecular complexity index is 856. The number of aromatic nitrogens is 3. The molecule has 28 heavy (non-hydrogen) atoms. The Hall–Kier alpha value is -3.10. The van der Waals surface area contributed by atoms with Crippen molar-refractivity contribution in [3.63, 3.8) is 0 Å². The number of hydrogen-bond donors (Lipinski definition) is 2. The van der Waals surface area contributed by atoms with Crippen LogP contribution in [0.3, 0.4) is 0 Å². The number of anilines is 1. The van der Waals surface area contributed by atoms with E-state index < -0.39 is 0 Å². The number of guanidine groups is 1. The third-order valence-corrected chi connectivity index (χ3v) is 4.37. The predicted octanol–water partition coefficient (Wildman–Crippen LogP) is 2.63. The topological polar surface area (TPSA) is 98.0 Å². The van der Waals surface area contributed by atoms with E-state index in [1.54, 1.807) is 21.2 Å². The molecule has 1 aromatic carbocycles. The number of nitrogens with zero attached hydrogens (tertiary/aromatic N) is 5. The molecular formula is C19H27N7O2. The van der Waals surface area contributed by atoms with Crippen LogP contribution in [0.2, 0.25) is 0 Å². The highest BCUT2D eigenvalue weighted by Crippen LogP contribution is 2.34. The summed E-state index contributed by atoms with van der Waals surface area (Å²) in [6, 6.07) is 6.12. The van der Waals surface area contributed by atoms with Crippen LogP contribution in [0.15, 0.2) is 34.4 Å².